The number of nitrogens with one attached hydrogen (secondary N) is 1. The Morgan fingerprint density at radius 3 is 2.45 bits per heavy atom. The number of anilines is 2. The van der Waals surface area contributed by atoms with Gasteiger partial charge in [0.25, 0.3) is 0 Å². The van der Waals surface area contributed by atoms with Crippen LogP contribution in [0.4, 0.5) is 15.9 Å². The number of rotatable bonds is 5. The average molecular weight is 517 g/mol. The van der Waals surface area contributed by atoms with Gasteiger partial charge in [0.1, 0.15) is 11.6 Å². The van der Waals surface area contributed by atoms with Crippen molar-refractivity contribution >= 4 is 23.3 Å². The topological polar surface area (TPSA) is 125 Å². The molecule has 0 saturated carbocycles. The number of phenols is 1. The summed E-state index contributed by atoms with van der Waals surface area (Å²) in [5.74, 6) is -0.921. The molecule has 4 heterocycles. The van der Waals surface area contributed by atoms with E-state index >= 15 is 0 Å². The van der Waals surface area contributed by atoms with Crippen molar-refractivity contribution in [3.8, 4) is 17.0 Å². The SMILES string of the molecule is Nc1nnc(-c2cc(F)ccc2O)cc1N1CC2CCC(C1)N2Cc1ccc(C2CCC(=O)NC2=O)cc1. The second-order valence-corrected chi connectivity index (χ2v) is 10.4. The molecule has 3 saturated heterocycles. The van der Waals surface area contributed by atoms with E-state index in [1.807, 2.05) is 12.1 Å². The van der Waals surface area contributed by atoms with Crippen LogP contribution < -0.4 is 16.0 Å². The molecule has 2 aromatic carbocycles. The van der Waals surface area contributed by atoms with Gasteiger partial charge in [-0.25, -0.2) is 4.39 Å². The van der Waals surface area contributed by atoms with E-state index in [2.05, 4.69) is 37.4 Å². The summed E-state index contributed by atoms with van der Waals surface area (Å²) in [6.07, 6.45) is 3.06. The molecular weight excluding hydrogens is 487 g/mol. The molecule has 4 N–H and O–H groups in total. The Morgan fingerprint density at radius 1 is 1.00 bits per heavy atom. The number of aromatic nitrogens is 2. The molecule has 3 atom stereocenters. The van der Waals surface area contributed by atoms with Crippen molar-refractivity contribution in [3.63, 3.8) is 0 Å². The molecule has 10 heteroatoms. The van der Waals surface area contributed by atoms with Crippen molar-refractivity contribution in [1.29, 1.82) is 0 Å². The minimum absolute atomic E-state index is 0.0649. The van der Waals surface area contributed by atoms with Crippen molar-refractivity contribution in [3.05, 3.63) is 65.5 Å². The van der Waals surface area contributed by atoms with Gasteiger partial charge >= 0.3 is 0 Å². The van der Waals surface area contributed by atoms with Gasteiger partial charge in [-0.2, -0.15) is 0 Å². The summed E-state index contributed by atoms with van der Waals surface area (Å²) >= 11 is 0. The molecule has 3 unspecified atom stereocenters. The first-order chi connectivity index (χ1) is 18.4. The maximum absolute atomic E-state index is 13.8. The molecule has 0 radical (unpaired) electrons. The summed E-state index contributed by atoms with van der Waals surface area (Å²) in [6, 6.07) is 14.3. The summed E-state index contributed by atoms with van der Waals surface area (Å²) in [7, 11) is 0. The molecule has 3 aromatic rings. The van der Waals surface area contributed by atoms with Gasteiger partial charge in [0.2, 0.25) is 11.8 Å². The number of nitrogens with zero attached hydrogens (tertiary/aromatic N) is 4. The summed E-state index contributed by atoms with van der Waals surface area (Å²) < 4.78 is 13.8. The molecule has 3 aliphatic heterocycles. The smallest absolute Gasteiger partial charge is 0.234 e. The third-order valence-corrected chi connectivity index (χ3v) is 8.00. The highest BCUT2D eigenvalue weighted by Gasteiger charge is 2.40. The number of fused-ring (bicyclic) bond motifs is 2. The predicted molar refractivity (Wildman–Crippen MR) is 140 cm³/mol. The van der Waals surface area contributed by atoms with Crippen LogP contribution in [0, 0.1) is 5.82 Å². The fraction of sp³-hybridized carbons (Fsp3) is 0.357. The second-order valence-electron chi connectivity index (χ2n) is 10.4. The molecule has 0 aliphatic carbocycles. The van der Waals surface area contributed by atoms with Crippen LogP contribution in [0.3, 0.4) is 0 Å². The van der Waals surface area contributed by atoms with Crippen LogP contribution in [0.15, 0.2) is 48.5 Å². The van der Waals surface area contributed by atoms with Crippen LogP contribution in [0.2, 0.25) is 0 Å². The minimum atomic E-state index is -0.463. The summed E-state index contributed by atoms with van der Waals surface area (Å²) in [5.41, 5.74) is 9.73. The minimum Gasteiger partial charge on any atom is -0.507 e. The van der Waals surface area contributed by atoms with Gasteiger partial charge in [0.15, 0.2) is 5.82 Å². The van der Waals surface area contributed by atoms with Gasteiger partial charge in [-0.15, -0.1) is 10.2 Å². The van der Waals surface area contributed by atoms with Crippen LogP contribution in [-0.2, 0) is 16.1 Å². The maximum Gasteiger partial charge on any atom is 0.234 e. The van der Waals surface area contributed by atoms with Gasteiger partial charge in [0.05, 0.1) is 17.3 Å². The number of nitrogen functional groups attached to an aromatic ring is 1. The maximum atomic E-state index is 13.8. The van der Waals surface area contributed by atoms with E-state index in [1.165, 1.54) is 23.8 Å². The van der Waals surface area contributed by atoms with Crippen LogP contribution in [0.5, 0.6) is 5.75 Å². The van der Waals surface area contributed by atoms with E-state index in [0.717, 1.165) is 43.7 Å². The number of imide groups is 1. The molecule has 6 rings (SSSR count). The number of carbonyl (C=O) groups is 2. The molecule has 1 aromatic heterocycles. The van der Waals surface area contributed by atoms with Crippen LogP contribution >= 0.6 is 0 Å². The average Bonchev–Trinajstić information content (AvgIpc) is 3.12. The van der Waals surface area contributed by atoms with E-state index in [-0.39, 0.29) is 29.0 Å². The third kappa shape index (κ3) is 4.56. The monoisotopic (exact) mass is 516 g/mol. The van der Waals surface area contributed by atoms with E-state index in [1.54, 1.807) is 6.07 Å². The molecule has 3 fully saturated rings. The van der Waals surface area contributed by atoms with E-state index in [0.29, 0.717) is 36.4 Å². The zero-order valence-corrected chi connectivity index (χ0v) is 20.8. The molecule has 38 heavy (non-hydrogen) atoms. The highest BCUT2D eigenvalue weighted by molar-refractivity contribution is 6.00. The zero-order valence-electron chi connectivity index (χ0n) is 20.8. The van der Waals surface area contributed by atoms with Crippen molar-refractivity contribution < 1.29 is 19.1 Å². The fourth-order valence-corrected chi connectivity index (χ4v) is 6.01. The Kier molecular flexibility index (Phi) is 6.19. The predicted octanol–water partition coefficient (Wildman–Crippen LogP) is 2.94. The number of hydrogen-bond acceptors (Lipinski definition) is 8. The number of piperazine rings is 1. The Balaban J connectivity index is 1.16. The van der Waals surface area contributed by atoms with E-state index < -0.39 is 5.82 Å². The first kappa shape index (κ1) is 24.3. The van der Waals surface area contributed by atoms with Gasteiger partial charge in [0, 0.05) is 43.7 Å². The molecule has 196 valence electrons. The lowest BCUT2D eigenvalue weighted by atomic mass is 9.90. The Bertz CT molecular complexity index is 1380. The molecule has 9 nitrogen and oxygen atoms in total. The lowest BCUT2D eigenvalue weighted by molar-refractivity contribution is -0.134. The number of aromatic hydroxyl groups is 1. The standard InChI is InChI=1S/C28H29FN6O3/c29-18-5-9-25(36)22(11-18)23-12-24(27(30)33-32-23)34-14-19-6-7-20(15-34)35(19)13-16-1-3-17(4-2-16)21-8-10-26(37)31-28(21)38/h1-5,9,11-12,19-21,36H,6-8,10,13-15H2,(H2,30,33)(H,31,37,38). The van der Waals surface area contributed by atoms with Crippen molar-refractivity contribution in [1.82, 2.24) is 20.4 Å². The first-order valence-corrected chi connectivity index (χ1v) is 12.9. The molecule has 2 amide bonds. The Labute approximate surface area is 219 Å². The number of hydrogen-bond donors (Lipinski definition) is 3. The quantitative estimate of drug-likeness (QED) is 0.442. The summed E-state index contributed by atoms with van der Waals surface area (Å²) in [5, 5.41) is 20.9. The molecule has 0 spiro atoms. The largest absolute Gasteiger partial charge is 0.507 e. The van der Waals surface area contributed by atoms with Crippen LogP contribution in [0.25, 0.3) is 11.3 Å². The first-order valence-electron chi connectivity index (χ1n) is 12.9. The Morgan fingerprint density at radius 2 is 1.74 bits per heavy atom. The molecule has 3 aliphatic rings. The normalized spacial score (nSPS) is 23.5. The third-order valence-electron chi connectivity index (χ3n) is 8.00. The van der Waals surface area contributed by atoms with Crippen LogP contribution in [0.1, 0.15) is 42.7 Å². The zero-order chi connectivity index (χ0) is 26.4. The van der Waals surface area contributed by atoms with Crippen LogP contribution in [-0.4, -0.2) is 57.2 Å². The lowest BCUT2D eigenvalue weighted by Crippen LogP contribution is -2.53. The number of carbonyl (C=O) groups excluding carboxylic acids is 2. The van der Waals surface area contributed by atoms with E-state index in [9.17, 15) is 19.1 Å². The van der Waals surface area contributed by atoms with Gasteiger partial charge in [-0.05, 0) is 54.7 Å². The summed E-state index contributed by atoms with van der Waals surface area (Å²) in [4.78, 5) is 28.4. The number of nitrogens with two attached hydrogens (primary N) is 1. The Hall–Kier alpha value is -4.05. The number of phenolic OH excluding ortho intramolecular Hbond substituents is 1. The number of amides is 2. The highest BCUT2D eigenvalue weighted by atomic mass is 19.1. The van der Waals surface area contributed by atoms with E-state index in [4.69, 9.17) is 5.73 Å². The van der Waals surface area contributed by atoms with Gasteiger partial charge in [-0.1, -0.05) is 24.3 Å². The number of benzene rings is 2. The van der Waals surface area contributed by atoms with Gasteiger partial charge < -0.3 is 15.7 Å². The van der Waals surface area contributed by atoms with Crippen molar-refractivity contribution in [2.75, 3.05) is 23.7 Å². The molecule has 2 bridgehead atoms. The van der Waals surface area contributed by atoms with Crippen molar-refractivity contribution in [2.45, 2.75) is 50.2 Å². The highest BCUT2D eigenvalue weighted by Crippen LogP contribution is 2.37. The van der Waals surface area contributed by atoms with Crippen molar-refractivity contribution in [2.24, 2.45) is 0 Å². The summed E-state index contributed by atoms with van der Waals surface area (Å²) in [6.45, 7) is 2.36. The second kappa shape index (κ2) is 9.68. The fourth-order valence-electron chi connectivity index (χ4n) is 6.01. The number of piperidine rings is 1. The molecular formula is C28H29FN6O3. The lowest BCUT2D eigenvalue weighted by Gasteiger charge is -2.42. The number of halogens is 1. The van der Waals surface area contributed by atoms with Gasteiger partial charge in [-0.3, -0.25) is 19.8 Å².